The number of furan rings is 1. The lowest BCUT2D eigenvalue weighted by atomic mass is 9.35. The van der Waals surface area contributed by atoms with Gasteiger partial charge in [0.1, 0.15) is 11.2 Å². The van der Waals surface area contributed by atoms with E-state index in [2.05, 4.69) is 321 Å². The fraction of sp³-hybridized carbons (Fsp3) is 0.0421. The molecule has 4 aromatic heterocycles. The van der Waals surface area contributed by atoms with Crippen molar-refractivity contribution in [2.24, 2.45) is 0 Å². The number of nitrogens with zero attached hydrogens (tertiary/aromatic N) is 4. The predicted molar refractivity (Wildman–Crippen MR) is 443 cm³/mol. The summed E-state index contributed by atoms with van der Waals surface area (Å²) in [5.74, 6) is 0. The fourth-order valence-electron chi connectivity index (χ4n) is 17.4. The highest BCUT2D eigenvalue weighted by Gasteiger charge is 2.46. The topological polar surface area (TPSA) is 50.0 Å². The van der Waals surface area contributed by atoms with Crippen LogP contribution < -0.4 is 42.0 Å². The predicted octanol–water partition coefficient (Wildman–Crippen LogP) is 20.8. The zero-order valence-corrected chi connectivity index (χ0v) is 59.6. The summed E-state index contributed by atoms with van der Waals surface area (Å²) in [5.41, 5.74) is 18.6. The van der Waals surface area contributed by atoms with E-state index in [1.807, 2.05) is 33.7 Å². The van der Waals surface area contributed by atoms with Gasteiger partial charge in [0, 0.05) is 90.6 Å². The average Bonchev–Trinajstić information content (AvgIpc) is 1.19. The lowest BCUT2D eigenvalue weighted by Crippen LogP contribution is -2.74. The van der Waals surface area contributed by atoms with Crippen molar-refractivity contribution in [1.82, 2.24) is 9.13 Å². The van der Waals surface area contributed by atoms with Crippen LogP contribution in [0.3, 0.4) is 0 Å². The standard InChI is InChI=1S/C95H63BN4OS2Si/c1-95(2,3)63-41-47-81(73(55-63)60-24-8-4-9-25-60)100-83-56-64(98-80-38-22-18-34-71(80)74-50-59(58-97)40-46-82(74)98)42-44-76(83)96-77-45-43-65(99-78-36-20-16-32-69(78)70-33-17-21-37-79(70)99)57-88(77)103-89-53-62(52-84(100)93(89)96)61-51-75-91-85(48-49-87-92(91)72-35-19-23-39-86(72)102-87)101-94(75)90(54-61)104(66-26-10-5-11-27-66,67-28-12-6-13-29-67)68-30-14-7-15-31-68/h4-57H,1-3H3/i18D,22D,34D,38D. The fourth-order valence-corrected chi connectivity index (χ4v) is 24.6. The van der Waals surface area contributed by atoms with E-state index in [1.165, 1.54) is 63.0 Å². The first kappa shape index (κ1) is 56.5. The summed E-state index contributed by atoms with van der Waals surface area (Å²) < 4.78 is 52.1. The molecule has 5 nitrogen and oxygen atoms in total. The summed E-state index contributed by atoms with van der Waals surface area (Å²) in [7, 11) is -3.41. The number of thiophene rings is 1. The molecule has 0 fully saturated rings. The maximum absolute atomic E-state index is 10.4. The van der Waals surface area contributed by atoms with Crippen LogP contribution in [0.2, 0.25) is 0 Å². The lowest BCUT2D eigenvalue weighted by Gasteiger charge is -2.42. The van der Waals surface area contributed by atoms with Gasteiger partial charge in [-0.1, -0.05) is 256 Å². The van der Waals surface area contributed by atoms with Crippen LogP contribution in [0, 0.1) is 11.3 Å². The normalized spacial score (nSPS) is 13.4. The van der Waals surface area contributed by atoms with Gasteiger partial charge >= 0.3 is 0 Å². The molecule has 9 heteroatoms. The van der Waals surface area contributed by atoms with Crippen LogP contribution in [0.15, 0.2) is 342 Å². The number of aromatic nitrogens is 2. The van der Waals surface area contributed by atoms with Crippen molar-refractivity contribution in [3.05, 3.63) is 339 Å². The van der Waals surface area contributed by atoms with Gasteiger partial charge in [-0.05, 0) is 169 Å². The van der Waals surface area contributed by atoms with Gasteiger partial charge in [0.15, 0.2) is 8.07 Å². The second-order valence-electron chi connectivity index (χ2n) is 28.6. The molecule has 6 heterocycles. The van der Waals surface area contributed by atoms with Gasteiger partial charge in [0.2, 0.25) is 6.71 Å². The van der Waals surface area contributed by atoms with E-state index in [9.17, 15) is 9.37 Å². The molecule has 0 bridgehead atoms. The van der Waals surface area contributed by atoms with Crippen LogP contribution in [0.1, 0.15) is 37.4 Å². The molecule has 0 saturated heterocycles. The number of hydrogen-bond acceptors (Lipinski definition) is 5. The minimum atomic E-state index is -3.41. The number of rotatable bonds is 9. The third kappa shape index (κ3) is 8.99. The first-order chi connectivity index (χ1) is 52.8. The van der Waals surface area contributed by atoms with E-state index in [0.717, 1.165) is 98.4 Å². The van der Waals surface area contributed by atoms with E-state index in [-0.39, 0.29) is 36.3 Å². The summed E-state index contributed by atoms with van der Waals surface area (Å²) in [6.45, 7) is 6.52. The molecule has 19 aromatic rings. The number of hydrogen-bond donors (Lipinski definition) is 0. The smallest absolute Gasteiger partial charge is 0.249 e. The van der Waals surface area contributed by atoms with Crippen LogP contribution in [-0.2, 0) is 5.41 Å². The quantitative estimate of drug-likeness (QED) is 0.107. The molecule has 104 heavy (non-hydrogen) atoms. The molecule has 2 aliphatic heterocycles. The minimum absolute atomic E-state index is 0.157. The van der Waals surface area contributed by atoms with Gasteiger partial charge in [0.05, 0.1) is 44.9 Å². The van der Waals surface area contributed by atoms with Gasteiger partial charge in [-0.2, -0.15) is 5.26 Å². The molecule has 0 spiro atoms. The molecule has 0 atom stereocenters. The van der Waals surface area contributed by atoms with Crippen LogP contribution in [0.4, 0.5) is 17.1 Å². The summed E-state index contributed by atoms with van der Waals surface area (Å²) in [6, 6.07) is 112. The Morgan fingerprint density at radius 3 is 1.76 bits per heavy atom. The highest BCUT2D eigenvalue weighted by Crippen LogP contribution is 2.50. The van der Waals surface area contributed by atoms with Crippen molar-refractivity contribution in [1.29, 1.82) is 5.26 Å². The second-order valence-corrected chi connectivity index (χ2v) is 34.6. The van der Waals surface area contributed by atoms with Crippen molar-refractivity contribution in [3.63, 3.8) is 0 Å². The van der Waals surface area contributed by atoms with Crippen LogP contribution in [0.5, 0.6) is 0 Å². The Kier molecular flexibility index (Phi) is 12.6. The Bertz CT molecular complexity index is 6950. The third-order valence-electron chi connectivity index (χ3n) is 22.0. The van der Waals surface area contributed by atoms with Crippen molar-refractivity contribution in [3.8, 4) is 39.7 Å². The Morgan fingerprint density at radius 2 is 1.06 bits per heavy atom. The zero-order valence-electron chi connectivity index (χ0n) is 61.0. The molecule has 0 aliphatic carbocycles. The second kappa shape index (κ2) is 23.2. The highest BCUT2D eigenvalue weighted by atomic mass is 32.2. The molecule has 0 unspecified atom stereocenters. The molecule has 488 valence electrons. The Balaban J connectivity index is 0.916. The minimum Gasteiger partial charge on any atom is -0.456 e. The number of para-hydroxylation sites is 3. The van der Waals surface area contributed by atoms with E-state index >= 15 is 0 Å². The molecule has 0 N–H and O–H groups in total. The van der Waals surface area contributed by atoms with Crippen molar-refractivity contribution in [2.45, 2.75) is 36.0 Å². The molecular weight excluding hydrogens is 1320 g/mol. The van der Waals surface area contributed by atoms with Crippen LogP contribution >= 0.6 is 23.1 Å². The molecule has 0 amide bonds. The van der Waals surface area contributed by atoms with E-state index < -0.39 is 8.07 Å². The molecule has 15 aromatic carbocycles. The summed E-state index contributed by atoms with van der Waals surface area (Å²) in [6.07, 6.45) is 0. The van der Waals surface area contributed by atoms with Crippen molar-refractivity contribution < 1.29 is 9.90 Å². The molecule has 21 rings (SSSR count). The van der Waals surface area contributed by atoms with Gasteiger partial charge in [0.25, 0.3) is 0 Å². The summed E-state index contributed by atoms with van der Waals surface area (Å²) in [5, 5.41) is 23.1. The van der Waals surface area contributed by atoms with Crippen molar-refractivity contribution >= 4 is 178 Å². The average molecular weight is 1380 g/mol. The van der Waals surface area contributed by atoms with Gasteiger partial charge in [-0.25, -0.2) is 0 Å². The highest BCUT2D eigenvalue weighted by molar-refractivity contribution is 8.00. The van der Waals surface area contributed by atoms with E-state index in [4.69, 9.17) is 5.79 Å². The van der Waals surface area contributed by atoms with Crippen LogP contribution in [-0.4, -0.2) is 23.9 Å². The first-order valence-electron chi connectivity index (χ1n) is 37.4. The van der Waals surface area contributed by atoms with Crippen LogP contribution in [0.25, 0.3) is 119 Å². The third-order valence-corrected chi connectivity index (χ3v) is 29.0. The maximum Gasteiger partial charge on any atom is 0.249 e. The lowest BCUT2D eigenvalue weighted by molar-refractivity contribution is 0.590. The Morgan fingerprint density at radius 1 is 0.442 bits per heavy atom. The zero-order chi connectivity index (χ0) is 72.6. The number of anilines is 3. The van der Waals surface area contributed by atoms with Gasteiger partial charge in [-0.15, -0.1) is 11.3 Å². The molecule has 0 saturated carbocycles. The molecular formula is C95H63BN4OS2Si. The monoisotopic (exact) mass is 1380 g/mol. The largest absolute Gasteiger partial charge is 0.456 e. The Labute approximate surface area is 617 Å². The molecule has 0 radical (unpaired) electrons. The summed E-state index contributed by atoms with van der Waals surface area (Å²) in [4.78, 5) is 4.77. The Hall–Kier alpha value is -12.2. The van der Waals surface area contributed by atoms with Gasteiger partial charge < -0.3 is 18.5 Å². The SMILES string of the molecule is [2H]c1c([2H])c([2H])c2c(c1[2H])c1cc(C#N)ccc1n2-c1ccc2c(c1)N(c1ccc(C(C)(C)C)cc1-c1ccccc1)c1cc(-c3cc([Si](c4ccccc4)(c4ccccc4)c4ccccc4)c4oc5ccc6sc7ccccc7c6c5c4c3)cc3c1B2c1ccc(-n2c4ccccc4c4ccccc42)cc1S3. The number of nitriles is 1. The van der Waals surface area contributed by atoms with Crippen molar-refractivity contribution in [2.75, 3.05) is 4.90 Å². The summed E-state index contributed by atoms with van der Waals surface area (Å²) >= 11 is 3.66. The number of benzene rings is 15. The van der Waals surface area contributed by atoms with E-state index in [1.54, 1.807) is 12.1 Å². The number of fused-ring (bicyclic) bond motifs is 17. The van der Waals surface area contributed by atoms with Gasteiger partial charge in [-0.3, -0.25) is 0 Å². The van der Waals surface area contributed by atoms with E-state index in [0.29, 0.717) is 33.1 Å². The maximum atomic E-state index is 10.4. The molecule has 2 aliphatic rings. The first-order valence-corrected chi connectivity index (χ1v) is 39.0.